The largest absolute Gasteiger partial charge is 0.476 e. The van der Waals surface area contributed by atoms with Crippen LogP contribution >= 0.6 is 24.0 Å². The third kappa shape index (κ3) is 6.33. The second kappa shape index (κ2) is 10.3. The fourth-order valence-electron chi connectivity index (χ4n) is 2.63. The highest BCUT2D eigenvalue weighted by Gasteiger charge is 2.40. The van der Waals surface area contributed by atoms with Gasteiger partial charge in [0.05, 0.1) is 6.10 Å². The zero-order valence-electron chi connectivity index (χ0n) is 15.4. The molecule has 1 N–H and O–H groups in total. The number of rotatable bonds is 7. The minimum atomic E-state index is -4.92. The monoisotopic (exact) mass is 452 g/mol. The van der Waals surface area contributed by atoms with Crippen molar-refractivity contribution in [1.29, 1.82) is 0 Å². The minimum absolute atomic E-state index is 0.0223. The number of terminal acetylenes is 1. The van der Waals surface area contributed by atoms with Crippen molar-refractivity contribution in [2.75, 3.05) is 19.0 Å². The van der Waals surface area contributed by atoms with Crippen LogP contribution in [0.3, 0.4) is 0 Å². The molecule has 2 rings (SSSR count). The number of alkyl halides is 3. The molecule has 1 aliphatic heterocycles. The third-order valence-electron chi connectivity index (χ3n) is 3.93. The number of H-pyrrole nitrogens is 1. The summed E-state index contributed by atoms with van der Waals surface area (Å²) in [6, 6.07) is 0. The summed E-state index contributed by atoms with van der Waals surface area (Å²) in [4.78, 5) is 25.2. The zero-order valence-corrected chi connectivity index (χ0v) is 17.0. The Morgan fingerprint density at radius 2 is 2.24 bits per heavy atom. The van der Waals surface area contributed by atoms with E-state index >= 15 is 0 Å². The molecule has 1 fully saturated rings. The van der Waals surface area contributed by atoms with Gasteiger partial charge in [0.15, 0.2) is 0 Å². The van der Waals surface area contributed by atoms with Crippen molar-refractivity contribution in [2.24, 2.45) is 0 Å². The molecular formula is C17H19F3N2O5S2. The highest BCUT2D eigenvalue weighted by Crippen LogP contribution is 2.32. The Morgan fingerprint density at radius 3 is 2.86 bits per heavy atom. The van der Waals surface area contributed by atoms with Crippen LogP contribution in [0.15, 0.2) is 15.8 Å². The second-order valence-corrected chi connectivity index (χ2v) is 7.73. The predicted molar refractivity (Wildman–Crippen MR) is 105 cm³/mol. The van der Waals surface area contributed by atoms with Crippen molar-refractivity contribution < 1.29 is 27.4 Å². The lowest BCUT2D eigenvalue weighted by Gasteiger charge is -2.19. The number of nitrogens with one attached hydrogen (secondary N) is 1. The summed E-state index contributed by atoms with van der Waals surface area (Å²) in [5, 5.41) is 0. The van der Waals surface area contributed by atoms with Crippen molar-refractivity contribution in [2.45, 2.75) is 44.4 Å². The van der Waals surface area contributed by atoms with Crippen molar-refractivity contribution >= 4 is 28.4 Å². The average molecular weight is 452 g/mol. The molecule has 0 unspecified atom stereocenters. The van der Waals surface area contributed by atoms with E-state index in [1.54, 1.807) is 4.98 Å². The highest BCUT2D eigenvalue weighted by atomic mass is 32.2. The molecule has 0 spiro atoms. The van der Waals surface area contributed by atoms with Gasteiger partial charge in [0.1, 0.15) is 31.1 Å². The van der Waals surface area contributed by atoms with Gasteiger partial charge in [-0.25, -0.2) is 4.79 Å². The summed E-state index contributed by atoms with van der Waals surface area (Å²) < 4.78 is 56.7. The normalized spacial score (nSPS) is 21.7. The van der Waals surface area contributed by atoms with Gasteiger partial charge >= 0.3 is 11.9 Å². The summed E-state index contributed by atoms with van der Waals surface area (Å²) in [6.45, 7) is 1.91. The molecule has 0 amide bonds. The van der Waals surface area contributed by atoms with Crippen LogP contribution in [0.2, 0.25) is 0 Å². The fraction of sp³-hybridized carbons (Fsp3) is 0.588. The van der Waals surface area contributed by atoms with Crippen LogP contribution in [-0.4, -0.2) is 45.1 Å². The van der Waals surface area contributed by atoms with Crippen molar-refractivity contribution in [3.05, 3.63) is 32.6 Å². The molecule has 1 aromatic rings. The number of hydrogen-bond donors (Lipinski definition) is 1. The summed E-state index contributed by atoms with van der Waals surface area (Å²) >= 11 is 6.43. The van der Waals surface area contributed by atoms with E-state index in [0.717, 1.165) is 12.2 Å². The summed E-state index contributed by atoms with van der Waals surface area (Å²) in [6.07, 6.45) is -0.813. The van der Waals surface area contributed by atoms with E-state index in [9.17, 15) is 22.8 Å². The van der Waals surface area contributed by atoms with E-state index < -0.39 is 41.4 Å². The van der Waals surface area contributed by atoms with Gasteiger partial charge in [-0.3, -0.25) is 14.3 Å². The molecule has 0 aliphatic carbocycles. The molecule has 0 bridgehead atoms. The SMILES string of the molecule is C#CCO[C@H]1C[C@H](n2cc(C(F)(F)F)c(=O)[nH]c2=O)O[C@@H]1COC(=S)SCCC. The molecule has 7 nitrogen and oxygen atoms in total. The van der Waals surface area contributed by atoms with Gasteiger partial charge in [-0.15, -0.1) is 6.42 Å². The topological polar surface area (TPSA) is 82.6 Å². The van der Waals surface area contributed by atoms with Crippen LogP contribution in [0.25, 0.3) is 0 Å². The second-order valence-electron chi connectivity index (χ2n) is 6.04. The Morgan fingerprint density at radius 1 is 1.52 bits per heavy atom. The van der Waals surface area contributed by atoms with E-state index in [0.29, 0.717) is 15.1 Å². The zero-order chi connectivity index (χ0) is 21.6. The first-order valence-electron chi connectivity index (χ1n) is 8.60. The lowest BCUT2D eigenvalue weighted by Crippen LogP contribution is -2.36. The molecule has 2 heterocycles. The standard InChI is InChI=1S/C17H19F3N2O5S2/c1-3-5-25-11-7-13(27-12(11)9-26-16(28)29-6-4-2)22-8-10(17(18,19)20)14(23)21-15(22)24/h1,8,11-13H,4-7,9H2,2H3,(H,21,23,24)/t11-,12+,13+/m0/s1. The number of thioether (sulfide) groups is 1. The molecular weight excluding hydrogens is 433 g/mol. The molecule has 3 atom stereocenters. The first kappa shape index (κ1) is 23.5. The number of hydrogen-bond acceptors (Lipinski definition) is 7. The Kier molecular flexibility index (Phi) is 8.33. The van der Waals surface area contributed by atoms with E-state index in [1.807, 2.05) is 6.92 Å². The average Bonchev–Trinajstić information content (AvgIpc) is 3.04. The van der Waals surface area contributed by atoms with Crippen LogP contribution in [-0.2, 0) is 20.4 Å². The number of nitrogens with zero attached hydrogens (tertiary/aromatic N) is 1. The van der Waals surface area contributed by atoms with E-state index in [-0.39, 0.29) is 19.6 Å². The summed E-state index contributed by atoms with van der Waals surface area (Å²) in [5.74, 6) is 3.07. The van der Waals surface area contributed by atoms with Gasteiger partial charge in [-0.1, -0.05) is 24.6 Å². The van der Waals surface area contributed by atoms with Crippen LogP contribution in [0.5, 0.6) is 0 Å². The van der Waals surface area contributed by atoms with Gasteiger partial charge in [-0.2, -0.15) is 13.2 Å². The third-order valence-corrected chi connectivity index (χ3v) is 5.37. The van der Waals surface area contributed by atoms with Gasteiger partial charge in [0.25, 0.3) is 5.56 Å². The van der Waals surface area contributed by atoms with Gasteiger partial charge in [0, 0.05) is 18.4 Å². The van der Waals surface area contributed by atoms with Gasteiger partial charge < -0.3 is 14.2 Å². The summed E-state index contributed by atoms with van der Waals surface area (Å²) in [7, 11) is 0. The first-order chi connectivity index (χ1) is 13.7. The number of ether oxygens (including phenoxy) is 3. The Balaban J connectivity index is 2.20. The van der Waals surface area contributed by atoms with Crippen molar-refractivity contribution in [3.63, 3.8) is 0 Å². The quantitative estimate of drug-likeness (QED) is 0.502. The van der Waals surface area contributed by atoms with E-state index in [4.69, 9.17) is 32.9 Å². The fourth-order valence-corrected chi connectivity index (χ4v) is 3.47. The Labute approximate surface area is 173 Å². The molecule has 29 heavy (non-hydrogen) atoms. The predicted octanol–water partition coefficient (Wildman–Crippen LogP) is 2.31. The van der Waals surface area contributed by atoms with Crippen molar-refractivity contribution in [1.82, 2.24) is 9.55 Å². The van der Waals surface area contributed by atoms with E-state index in [2.05, 4.69) is 5.92 Å². The van der Waals surface area contributed by atoms with Crippen LogP contribution in [0.4, 0.5) is 13.2 Å². The minimum Gasteiger partial charge on any atom is -0.476 e. The van der Waals surface area contributed by atoms with Crippen LogP contribution < -0.4 is 11.2 Å². The van der Waals surface area contributed by atoms with Crippen molar-refractivity contribution in [3.8, 4) is 12.3 Å². The molecule has 12 heteroatoms. The Bertz CT molecular complexity index is 878. The molecule has 0 saturated carbocycles. The van der Waals surface area contributed by atoms with Crippen LogP contribution in [0.1, 0.15) is 31.6 Å². The molecule has 1 saturated heterocycles. The molecule has 160 valence electrons. The van der Waals surface area contributed by atoms with Crippen LogP contribution in [0, 0.1) is 12.3 Å². The van der Waals surface area contributed by atoms with Gasteiger partial charge in [0.2, 0.25) is 4.38 Å². The highest BCUT2D eigenvalue weighted by molar-refractivity contribution is 8.22. The lowest BCUT2D eigenvalue weighted by atomic mass is 10.2. The lowest BCUT2D eigenvalue weighted by molar-refractivity contribution is -0.139. The number of aromatic amines is 1. The number of thiocarbonyl (C=S) groups is 1. The number of halogens is 3. The molecule has 0 aromatic carbocycles. The Hall–Kier alpha value is -1.81. The molecule has 0 radical (unpaired) electrons. The molecule has 1 aromatic heterocycles. The summed E-state index contributed by atoms with van der Waals surface area (Å²) in [5.41, 5.74) is -4.05. The smallest absolute Gasteiger partial charge is 0.423 e. The maximum atomic E-state index is 13.0. The number of aromatic nitrogens is 2. The van der Waals surface area contributed by atoms with E-state index in [1.165, 1.54) is 11.8 Å². The first-order valence-corrected chi connectivity index (χ1v) is 9.99. The maximum absolute atomic E-state index is 13.0. The molecule has 1 aliphatic rings. The van der Waals surface area contributed by atoms with Gasteiger partial charge in [-0.05, 0) is 18.6 Å². The maximum Gasteiger partial charge on any atom is 0.423 e.